The number of carbonyl (C=O) groups is 1. The molecule has 0 aromatic heterocycles. The molecule has 3 heteroatoms. The Kier molecular flexibility index (Phi) is 12.2. The number of methoxy groups -OCH3 is 1. The Morgan fingerprint density at radius 3 is 2.35 bits per heavy atom. The van der Waals surface area contributed by atoms with Crippen LogP contribution in [0, 0.1) is 5.92 Å². The van der Waals surface area contributed by atoms with Gasteiger partial charge in [-0.25, -0.2) is 0 Å². The molecule has 0 rings (SSSR count). The molecule has 0 fully saturated rings. The van der Waals surface area contributed by atoms with Gasteiger partial charge in [0, 0.05) is 0 Å². The van der Waals surface area contributed by atoms with Crippen LogP contribution in [0.25, 0.3) is 0 Å². The van der Waals surface area contributed by atoms with Gasteiger partial charge in [-0.2, -0.15) is 0 Å². The number of aliphatic hydroxyl groups is 1. The van der Waals surface area contributed by atoms with Crippen LogP contribution in [0.4, 0.5) is 0 Å². The second-order valence-corrected chi connectivity index (χ2v) is 5.13. The molecule has 0 saturated heterocycles. The number of esters is 1. The topological polar surface area (TPSA) is 46.5 Å². The molecule has 116 valence electrons. The third kappa shape index (κ3) is 8.92. The molecule has 0 aliphatic carbocycles. The lowest BCUT2D eigenvalue weighted by Gasteiger charge is -2.17. The summed E-state index contributed by atoms with van der Waals surface area (Å²) in [4.78, 5) is 11.5. The molecule has 0 amide bonds. The van der Waals surface area contributed by atoms with Gasteiger partial charge in [-0.15, -0.1) is 6.58 Å². The van der Waals surface area contributed by atoms with Crippen molar-refractivity contribution in [1.29, 1.82) is 0 Å². The zero-order valence-electron chi connectivity index (χ0n) is 13.0. The van der Waals surface area contributed by atoms with Crippen molar-refractivity contribution in [2.24, 2.45) is 5.92 Å². The fraction of sp³-hybridized carbons (Fsp3) is 0.706. The summed E-state index contributed by atoms with van der Waals surface area (Å²) in [6.45, 7) is 5.55. The van der Waals surface area contributed by atoms with Gasteiger partial charge < -0.3 is 9.84 Å². The van der Waals surface area contributed by atoms with E-state index in [1.165, 1.54) is 32.8 Å². The summed E-state index contributed by atoms with van der Waals surface area (Å²) in [5.41, 5.74) is 0. The average molecular weight is 282 g/mol. The van der Waals surface area contributed by atoms with Crippen LogP contribution in [0.5, 0.6) is 0 Å². The summed E-state index contributed by atoms with van der Waals surface area (Å²) in [5, 5.41) is 10.1. The third-order valence-corrected chi connectivity index (χ3v) is 3.45. The smallest absolute Gasteiger partial charge is 0.315 e. The Morgan fingerprint density at radius 2 is 1.80 bits per heavy atom. The number of ether oxygens (including phenoxy) is 1. The van der Waals surface area contributed by atoms with E-state index in [0.717, 1.165) is 19.3 Å². The molecule has 0 saturated carbocycles. The largest absolute Gasteiger partial charge is 0.468 e. The second-order valence-electron chi connectivity index (χ2n) is 5.13. The SMILES string of the molecule is C=CCCCCCCCC[C@H](O)[C@H](/C=C/C)C(=O)OC. The molecule has 1 N–H and O–H groups in total. The monoisotopic (exact) mass is 282 g/mol. The molecule has 0 spiro atoms. The first-order chi connectivity index (χ1) is 9.67. The number of allylic oxidation sites excluding steroid dienone is 2. The minimum absolute atomic E-state index is 0.361. The first-order valence-electron chi connectivity index (χ1n) is 7.67. The van der Waals surface area contributed by atoms with E-state index in [1.807, 2.05) is 13.0 Å². The van der Waals surface area contributed by atoms with E-state index in [-0.39, 0.29) is 5.97 Å². The van der Waals surface area contributed by atoms with E-state index in [2.05, 4.69) is 6.58 Å². The van der Waals surface area contributed by atoms with Crippen LogP contribution in [-0.4, -0.2) is 24.3 Å². The standard InChI is InChI=1S/C17H30O3/c1-4-6-7-8-9-10-11-12-14-16(18)15(13-5-2)17(19)20-3/h4-5,13,15-16,18H,1,6-12,14H2,2-3H3/b13-5+/t15-,16-/m0/s1. The number of rotatable bonds is 12. The predicted octanol–water partition coefficient (Wildman–Crippen LogP) is 4.02. The van der Waals surface area contributed by atoms with Crippen LogP contribution in [0.3, 0.4) is 0 Å². The Bertz CT molecular complexity index is 284. The Hall–Kier alpha value is -1.09. The molecule has 0 aromatic rings. The maximum absolute atomic E-state index is 11.5. The third-order valence-electron chi connectivity index (χ3n) is 3.45. The van der Waals surface area contributed by atoms with E-state index < -0.39 is 12.0 Å². The number of aliphatic hydroxyl groups excluding tert-OH is 1. The van der Waals surface area contributed by atoms with Gasteiger partial charge in [0.25, 0.3) is 0 Å². The van der Waals surface area contributed by atoms with Crippen molar-refractivity contribution in [3.8, 4) is 0 Å². The highest BCUT2D eigenvalue weighted by atomic mass is 16.5. The van der Waals surface area contributed by atoms with Gasteiger partial charge in [0.05, 0.1) is 13.2 Å². The highest BCUT2D eigenvalue weighted by Gasteiger charge is 2.24. The number of carbonyl (C=O) groups excluding carboxylic acids is 1. The summed E-state index contributed by atoms with van der Waals surface area (Å²) in [6, 6.07) is 0. The Labute approximate surface area is 123 Å². The van der Waals surface area contributed by atoms with Crippen molar-refractivity contribution >= 4 is 5.97 Å². The fourth-order valence-electron chi connectivity index (χ4n) is 2.24. The second kappa shape index (κ2) is 12.9. The van der Waals surface area contributed by atoms with Crippen molar-refractivity contribution in [1.82, 2.24) is 0 Å². The molecular weight excluding hydrogens is 252 g/mol. The molecule has 20 heavy (non-hydrogen) atoms. The van der Waals surface area contributed by atoms with E-state index in [4.69, 9.17) is 4.74 Å². The van der Waals surface area contributed by atoms with Gasteiger partial charge in [0.15, 0.2) is 0 Å². The van der Waals surface area contributed by atoms with Crippen molar-refractivity contribution < 1.29 is 14.6 Å². The lowest BCUT2D eigenvalue weighted by molar-refractivity contribution is -0.147. The van der Waals surface area contributed by atoms with Crippen molar-refractivity contribution in [2.75, 3.05) is 7.11 Å². The van der Waals surface area contributed by atoms with E-state index in [0.29, 0.717) is 6.42 Å². The van der Waals surface area contributed by atoms with E-state index >= 15 is 0 Å². The summed E-state index contributed by atoms with van der Waals surface area (Å²) in [7, 11) is 1.36. The quantitative estimate of drug-likeness (QED) is 0.334. The summed E-state index contributed by atoms with van der Waals surface area (Å²) in [5.74, 6) is -0.891. The molecule has 2 atom stereocenters. The van der Waals surface area contributed by atoms with Crippen LogP contribution in [0.2, 0.25) is 0 Å². The first-order valence-corrected chi connectivity index (χ1v) is 7.67. The lowest BCUT2D eigenvalue weighted by Crippen LogP contribution is -2.27. The fourth-order valence-corrected chi connectivity index (χ4v) is 2.24. The first kappa shape index (κ1) is 18.9. The van der Waals surface area contributed by atoms with E-state index in [1.54, 1.807) is 12.2 Å². The van der Waals surface area contributed by atoms with Gasteiger partial charge in [0.2, 0.25) is 0 Å². The average Bonchev–Trinajstić information content (AvgIpc) is 2.46. The summed E-state index contributed by atoms with van der Waals surface area (Å²) < 4.78 is 4.71. The maximum atomic E-state index is 11.5. The zero-order valence-corrected chi connectivity index (χ0v) is 13.0. The molecule has 0 radical (unpaired) electrons. The van der Waals surface area contributed by atoms with Gasteiger partial charge in [-0.05, 0) is 26.2 Å². The molecule has 0 heterocycles. The zero-order chi connectivity index (χ0) is 15.2. The lowest BCUT2D eigenvalue weighted by atomic mass is 9.96. The van der Waals surface area contributed by atoms with Crippen LogP contribution in [0.1, 0.15) is 58.3 Å². The van der Waals surface area contributed by atoms with Crippen LogP contribution < -0.4 is 0 Å². The van der Waals surface area contributed by atoms with Gasteiger partial charge in [-0.1, -0.05) is 50.3 Å². The number of hydrogen-bond acceptors (Lipinski definition) is 3. The molecule has 0 bridgehead atoms. The molecule has 3 nitrogen and oxygen atoms in total. The number of hydrogen-bond donors (Lipinski definition) is 1. The molecular formula is C17H30O3. The Balaban J connectivity index is 3.76. The van der Waals surface area contributed by atoms with Gasteiger partial charge in [-0.3, -0.25) is 4.79 Å². The highest BCUT2D eigenvalue weighted by molar-refractivity contribution is 5.74. The molecule has 0 aromatic carbocycles. The van der Waals surface area contributed by atoms with Crippen molar-refractivity contribution in [3.05, 3.63) is 24.8 Å². The van der Waals surface area contributed by atoms with Crippen LogP contribution in [-0.2, 0) is 9.53 Å². The summed E-state index contributed by atoms with van der Waals surface area (Å²) >= 11 is 0. The van der Waals surface area contributed by atoms with Gasteiger partial charge in [0.1, 0.15) is 5.92 Å². The minimum atomic E-state index is -0.639. The molecule has 0 unspecified atom stereocenters. The minimum Gasteiger partial charge on any atom is -0.468 e. The normalized spacial score (nSPS) is 14.2. The summed E-state index contributed by atoms with van der Waals surface area (Å²) in [6.07, 6.45) is 13.5. The maximum Gasteiger partial charge on any atom is 0.315 e. The molecule has 0 aliphatic heterocycles. The van der Waals surface area contributed by atoms with Crippen molar-refractivity contribution in [3.63, 3.8) is 0 Å². The van der Waals surface area contributed by atoms with Crippen molar-refractivity contribution in [2.45, 2.75) is 64.4 Å². The highest BCUT2D eigenvalue weighted by Crippen LogP contribution is 2.16. The van der Waals surface area contributed by atoms with Gasteiger partial charge >= 0.3 is 5.97 Å². The van der Waals surface area contributed by atoms with Crippen LogP contribution in [0.15, 0.2) is 24.8 Å². The van der Waals surface area contributed by atoms with Crippen LogP contribution >= 0.6 is 0 Å². The molecule has 0 aliphatic rings. The Morgan fingerprint density at radius 1 is 1.20 bits per heavy atom. The van der Waals surface area contributed by atoms with E-state index in [9.17, 15) is 9.90 Å². The predicted molar refractivity (Wildman–Crippen MR) is 83.5 cm³/mol. The number of unbranched alkanes of at least 4 members (excludes halogenated alkanes) is 6.